The minimum atomic E-state index is -0.797. The Morgan fingerprint density at radius 3 is 2.94 bits per heavy atom. The van der Waals surface area contributed by atoms with E-state index in [1.165, 1.54) is 0 Å². The van der Waals surface area contributed by atoms with Gasteiger partial charge >= 0.3 is 12.0 Å². The molecule has 0 bridgehead atoms. The average molecular weight is 228 g/mol. The second kappa shape index (κ2) is 6.35. The predicted molar refractivity (Wildman–Crippen MR) is 60.2 cm³/mol. The predicted octanol–water partition coefficient (Wildman–Crippen LogP) is 1.29. The summed E-state index contributed by atoms with van der Waals surface area (Å²) >= 11 is 0. The van der Waals surface area contributed by atoms with Gasteiger partial charge < -0.3 is 15.3 Å². The summed E-state index contributed by atoms with van der Waals surface area (Å²) in [6.07, 6.45) is 3.34. The van der Waals surface area contributed by atoms with Crippen LogP contribution in [0.2, 0.25) is 0 Å². The van der Waals surface area contributed by atoms with Crippen LogP contribution in [0.15, 0.2) is 0 Å². The van der Waals surface area contributed by atoms with Crippen LogP contribution < -0.4 is 5.32 Å². The average Bonchev–Trinajstić information content (AvgIpc) is 2.22. The summed E-state index contributed by atoms with van der Waals surface area (Å²) in [4.78, 5) is 23.8. The van der Waals surface area contributed by atoms with E-state index in [2.05, 4.69) is 12.2 Å². The summed E-state index contributed by atoms with van der Waals surface area (Å²) in [7, 11) is 0. The van der Waals surface area contributed by atoms with E-state index in [9.17, 15) is 9.59 Å². The number of carbonyl (C=O) groups is 2. The highest BCUT2D eigenvalue weighted by molar-refractivity contribution is 5.75. The smallest absolute Gasteiger partial charge is 0.317 e. The Labute approximate surface area is 95.8 Å². The fourth-order valence-electron chi connectivity index (χ4n) is 1.93. The molecule has 1 fully saturated rings. The maximum atomic E-state index is 11.5. The fraction of sp³-hybridized carbons (Fsp3) is 0.818. The fourth-order valence-corrected chi connectivity index (χ4v) is 1.93. The number of carboxylic acids is 1. The van der Waals surface area contributed by atoms with E-state index < -0.39 is 5.97 Å². The number of aliphatic carboxylic acids is 1. The van der Waals surface area contributed by atoms with Gasteiger partial charge in [-0.25, -0.2) is 4.79 Å². The number of rotatable bonds is 6. The maximum Gasteiger partial charge on any atom is 0.317 e. The Kier molecular flexibility index (Phi) is 5.08. The molecule has 2 amide bonds. The molecule has 0 spiro atoms. The van der Waals surface area contributed by atoms with Crippen LogP contribution in [0.4, 0.5) is 4.79 Å². The van der Waals surface area contributed by atoms with Gasteiger partial charge in [0.1, 0.15) is 0 Å². The van der Waals surface area contributed by atoms with Crippen molar-refractivity contribution in [2.75, 3.05) is 19.6 Å². The highest BCUT2D eigenvalue weighted by Gasteiger charge is 2.25. The number of unbranched alkanes of at least 4 members (excludes halogenated alkanes) is 2. The normalized spacial score (nSPS) is 20.7. The number of nitrogens with zero attached hydrogens (tertiary/aromatic N) is 1. The van der Waals surface area contributed by atoms with Crippen LogP contribution in [0.1, 0.15) is 32.6 Å². The van der Waals surface area contributed by atoms with E-state index in [1.54, 1.807) is 4.90 Å². The Hall–Kier alpha value is -1.26. The molecule has 0 saturated carbocycles. The molecule has 5 nitrogen and oxygen atoms in total. The lowest BCUT2D eigenvalue weighted by atomic mass is 10.0. The first-order valence-corrected chi connectivity index (χ1v) is 5.88. The minimum Gasteiger partial charge on any atom is -0.481 e. The van der Waals surface area contributed by atoms with Crippen molar-refractivity contribution in [3.63, 3.8) is 0 Å². The van der Waals surface area contributed by atoms with Crippen molar-refractivity contribution < 1.29 is 14.7 Å². The molecule has 5 heteroatoms. The van der Waals surface area contributed by atoms with Crippen molar-refractivity contribution in [1.82, 2.24) is 10.2 Å². The Bertz CT molecular complexity index is 256. The molecule has 1 heterocycles. The molecule has 1 saturated heterocycles. The number of hydrogen-bond donors (Lipinski definition) is 2. The molecule has 0 aliphatic carbocycles. The highest BCUT2D eigenvalue weighted by atomic mass is 16.4. The summed E-state index contributed by atoms with van der Waals surface area (Å²) in [5.41, 5.74) is 0. The first-order valence-electron chi connectivity index (χ1n) is 5.88. The second-order valence-electron chi connectivity index (χ2n) is 4.30. The van der Waals surface area contributed by atoms with Crippen molar-refractivity contribution in [2.45, 2.75) is 32.6 Å². The van der Waals surface area contributed by atoms with Crippen molar-refractivity contribution >= 4 is 12.0 Å². The molecule has 0 radical (unpaired) electrons. The topological polar surface area (TPSA) is 69.6 Å². The summed E-state index contributed by atoms with van der Waals surface area (Å²) in [6, 6.07) is -0.0576. The van der Waals surface area contributed by atoms with Crippen LogP contribution in [0, 0.1) is 5.92 Å². The number of carbonyl (C=O) groups excluding carboxylic acids is 1. The van der Waals surface area contributed by atoms with Gasteiger partial charge in [-0.05, 0) is 6.42 Å². The summed E-state index contributed by atoms with van der Waals surface area (Å²) in [6.45, 7) is 3.90. The third kappa shape index (κ3) is 4.08. The van der Waals surface area contributed by atoms with Crippen LogP contribution in [0.3, 0.4) is 0 Å². The number of nitrogens with one attached hydrogen (secondary N) is 1. The number of hydrogen-bond acceptors (Lipinski definition) is 2. The summed E-state index contributed by atoms with van der Waals surface area (Å²) < 4.78 is 0. The van der Waals surface area contributed by atoms with Crippen molar-refractivity contribution in [2.24, 2.45) is 5.92 Å². The standard InChI is InChI=1S/C11H20N2O3/c1-2-3-4-5-13-8-9(6-10(14)15)7-12-11(13)16/h9H,2-8H2,1H3,(H,12,16)(H,14,15). The first-order chi connectivity index (χ1) is 7.63. The third-order valence-corrected chi connectivity index (χ3v) is 2.80. The lowest BCUT2D eigenvalue weighted by molar-refractivity contribution is -0.138. The summed E-state index contributed by atoms with van der Waals surface area (Å²) in [5.74, 6) is -0.758. The monoisotopic (exact) mass is 228 g/mol. The molecule has 16 heavy (non-hydrogen) atoms. The van der Waals surface area contributed by atoms with Gasteiger partial charge in [-0.15, -0.1) is 0 Å². The molecule has 1 rings (SSSR count). The molecule has 1 aliphatic rings. The molecule has 1 atom stereocenters. The SMILES string of the molecule is CCCCCN1CC(CC(=O)O)CNC1=O. The van der Waals surface area contributed by atoms with Gasteiger partial charge in [0.05, 0.1) is 6.42 Å². The zero-order valence-electron chi connectivity index (χ0n) is 9.74. The van der Waals surface area contributed by atoms with Crippen molar-refractivity contribution in [3.05, 3.63) is 0 Å². The van der Waals surface area contributed by atoms with Crippen LogP contribution >= 0.6 is 0 Å². The third-order valence-electron chi connectivity index (χ3n) is 2.80. The Morgan fingerprint density at radius 1 is 1.56 bits per heavy atom. The first kappa shape index (κ1) is 12.8. The van der Waals surface area contributed by atoms with Crippen molar-refractivity contribution in [3.8, 4) is 0 Å². The van der Waals surface area contributed by atoms with E-state index in [0.717, 1.165) is 25.8 Å². The Morgan fingerprint density at radius 2 is 2.31 bits per heavy atom. The molecule has 1 aliphatic heterocycles. The molecule has 92 valence electrons. The Balaban J connectivity index is 2.36. The van der Waals surface area contributed by atoms with E-state index in [4.69, 9.17) is 5.11 Å². The van der Waals surface area contributed by atoms with Gasteiger partial charge in [0.25, 0.3) is 0 Å². The lowest BCUT2D eigenvalue weighted by Gasteiger charge is -2.32. The number of urea groups is 1. The molecule has 2 N–H and O–H groups in total. The van der Waals surface area contributed by atoms with Crippen LogP contribution in [0.5, 0.6) is 0 Å². The largest absolute Gasteiger partial charge is 0.481 e. The quantitative estimate of drug-likeness (QED) is 0.673. The zero-order chi connectivity index (χ0) is 12.0. The van der Waals surface area contributed by atoms with Gasteiger partial charge in [-0.3, -0.25) is 4.79 Å². The number of amides is 2. The maximum absolute atomic E-state index is 11.5. The van der Waals surface area contributed by atoms with Crippen molar-refractivity contribution in [1.29, 1.82) is 0 Å². The molecule has 0 aromatic heterocycles. The molecule has 0 aromatic carbocycles. The van der Waals surface area contributed by atoms with Gasteiger partial charge in [0, 0.05) is 25.6 Å². The minimum absolute atomic E-state index is 0.0387. The second-order valence-corrected chi connectivity index (χ2v) is 4.30. The van der Waals surface area contributed by atoms with Gasteiger partial charge in [-0.1, -0.05) is 19.8 Å². The van der Waals surface area contributed by atoms with Crippen LogP contribution in [-0.2, 0) is 4.79 Å². The molecule has 1 unspecified atom stereocenters. The molecule has 0 aromatic rings. The highest BCUT2D eigenvalue weighted by Crippen LogP contribution is 2.11. The molecular weight excluding hydrogens is 208 g/mol. The van der Waals surface area contributed by atoms with Crippen LogP contribution in [0.25, 0.3) is 0 Å². The zero-order valence-corrected chi connectivity index (χ0v) is 9.74. The van der Waals surface area contributed by atoms with Gasteiger partial charge in [0.2, 0.25) is 0 Å². The van der Waals surface area contributed by atoms with Gasteiger partial charge in [0.15, 0.2) is 0 Å². The number of carboxylic acid groups (broad SMARTS) is 1. The molecular formula is C11H20N2O3. The lowest BCUT2D eigenvalue weighted by Crippen LogP contribution is -2.51. The van der Waals surface area contributed by atoms with Gasteiger partial charge in [-0.2, -0.15) is 0 Å². The van der Waals surface area contributed by atoms with E-state index in [0.29, 0.717) is 13.1 Å². The van der Waals surface area contributed by atoms with E-state index >= 15 is 0 Å². The summed E-state index contributed by atoms with van der Waals surface area (Å²) in [5, 5.41) is 11.4. The van der Waals surface area contributed by atoms with E-state index in [1.807, 2.05) is 0 Å². The van der Waals surface area contributed by atoms with E-state index in [-0.39, 0.29) is 18.4 Å². The van der Waals surface area contributed by atoms with Crippen LogP contribution in [-0.4, -0.2) is 41.6 Å².